The molecule has 0 fully saturated rings. The molecular weight excluding hydrogens is 382 g/mol. The van der Waals surface area contributed by atoms with Crippen molar-refractivity contribution in [1.29, 1.82) is 0 Å². The Bertz CT molecular complexity index is 717. The molecule has 1 amide bonds. The summed E-state index contributed by atoms with van der Waals surface area (Å²) in [6.45, 7) is 14.5. The fraction of sp³-hybridized carbons (Fsp3) is 0.810. The van der Waals surface area contributed by atoms with E-state index in [0.717, 1.165) is 50.4 Å². The third-order valence-electron chi connectivity index (χ3n) is 5.37. The summed E-state index contributed by atoms with van der Waals surface area (Å²) in [5, 5.41) is 18.3. The van der Waals surface area contributed by atoms with E-state index in [-0.39, 0.29) is 0 Å². The zero-order valence-electron chi connectivity index (χ0n) is 19.5. The van der Waals surface area contributed by atoms with Crippen LogP contribution in [0.1, 0.15) is 78.9 Å². The minimum atomic E-state index is -0.529. The third-order valence-corrected chi connectivity index (χ3v) is 5.37. The van der Waals surface area contributed by atoms with Crippen molar-refractivity contribution in [3.8, 4) is 0 Å². The van der Waals surface area contributed by atoms with Crippen LogP contribution in [0.25, 0.3) is 0 Å². The number of carbonyl (C=O) groups excluding carboxylic acids is 1. The fourth-order valence-electron chi connectivity index (χ4n) is 3.47. The predicted octanol–water partition coefficient (Wildman–Crippen LogP) is 2.75. The lowest BCUT2D eigenvalue weighted by Gasteiger charge is -2.34. The monoisotopic (exact) mass is 421 g/mol. The van der Waals surface area contributed by atoms with Gasteiger partial charge in [-0.2, -0.15) is 0 Å². The number of alkyl carbamates (subject to hydrolysis) is 1. The average molecular weight is 422 g/mol. The first-order valence-electron chi connectivity index (χ1n) is 11.2. The summed E-state index contributed by atoms with van der Waals surface area (Å²) in [5.74, 6) is 2.65. The Morgan fingerprint density at radius 2 is 1.87 bits per heavy atom. The van der Waals surface area contributed by atoms with E-state index in [1.165, 1.54) is 6.42 Å². The van der Waals surface area contributed by atoms with E-state index in [1.807, 2.05) is 27.7 Å². The van der Waals surface area contributed by atoms with Gasteiger partial charge < -0.3 is 25.3 Å². The molecule has 2 heterocycles. The molecule has 9 nitrogen and oxygen atoms in total. The number of nitrogens with zero attached hydrogens (tertiary/aromatic N) is 4. The van der Waals surface area contributed by atoms with Crippen molar-refractivity contribution in [2.24, 2.45) is 4.99 Å². The first kappa shape index (κ1) is 24.0. The van der Waals surface area contributed by atoms with Crippen molar-refractivity contribution in [2.45, 2.75) is 97.9 Å². The van der Waals surface area contributed by atoms with E-state index in [1.54, 1.807) is 0 Å². The first-order chi connectivity index (χ1) is 14.2. The Hall–Kier alpha value is -2.32. The minimum Gasteiger partial charge on any atom is -0.444 e. The van der Waals surface area contributed by atoms with Gasteiger partial charge in [-0.1, -0.05) is 13.8 Å². The SMILES string of the molecule is CCNC(=NCc1nnc2n1CCCC2)NCC(CC)(CC)NC(=O)OC(C)(C)C. The second kappa shape index (κ2) is 10.6. The molecule has 0 saturated heterocycles. The number of hydrogen-bond donors (Lipinski definition) is 3. The maximum atomic E-state index is 12.4. The van der Waals surface area contributed by atoms with Crippen LogP contribution in [-0.4, -0.2) is 51.0 Å². The molecule has 0 unspecified atom stereocenters. The number of amides is 1. The van der Waals surface area contributed by atoms with Gasteiger partial charge in [0.2, 0.25) is 0 Å². The number of aliphatic imine (C=N–C) groups is 1. The highest BCUT2D eigenvalue weighted by Crippen LogP contribution is 2.17. The van der Waals surface area contributed by atoms with Crippen molar-refractivity contribution in [1.82, 2.24) is 30.7 Å². The molecule has 0 saturated carbocycles. The molecule has 1 aromatic heterocycles. The highest BCUT2D eigenvalue weighted by atomic mass is 16.6. The molecule has 0 atom stereocenters. The normalized spacial score (nSPS) is 14.8. The van der Waals surface area contributed by atoms with Crippen molar-refractivity contribution >= 4 is 12.1 Å². The van der Waals surface area contributed by atoms with Gasteiger partial charge >= 0.3 is 6.09 Å². The number of guanidine groups is 1. The zero-order chi connectivity index (χ0) is 22.2. The lowest BCUT2D eigenvalue weighted by molar-refractivity contribution is 0.0448. The van der Waals surface area contributed by atoms with E-state index in [4.69, 9.17) is 9.73 Å². The Morgan fingerprint density at radius 3 is 2.50 bits per heavy atom. The lowest BCUT2D eigenvalue weighted by atomic mass is 9.93. The van der Waals surface area contributed by atoms with Crippen molar-refractivity contribution < 1.29 is 9.53 Å². The number of hydrogen-bond acceptors (Lipinski definition) is 5. The van der Waals surface area contributed by atoms with Crippen LogP contribution in [0.2, 0.25) is 0 Å². The lowest BCUT2D eigenvalue weighted by Crippen LogP contribution is -2.57. The first-order valence-corrected chi connectivity index (χ1v) is 11.2. The Kier molecular flexibility index (Phi) is 8.49. The molecule has 9 heteroatoms. The van der Waals surface area contributed by atoms with Crippen LogP contribution in [0.15, 0.2) is 4.99 Å². The van der Waals surface area contributed by atoms with Gasteiger partial charge in [0, 0.05) is 26.1 Å². The van der Waals surface area contributed by atoms with Crippen molar-refractivity contribution in [2.75, 3.05) is 13.1 Å². The fourth-order valence-corrected chi connectivity index (χ4v) is 3.47. The van der Waals surface area contributed by atoms with Gasteiger partial charge in [-0.05, 0) is 53.4 Å². The van der Waals surface area contributed by atoms with Crippen LogP contribution in [0, 0.1) is 0 Å². The number of fused-ring (bicyclic) bond motifs is 1. The second-order valence-electron chi connectivity index (χ2n) is 8.80. The molecule has 0 aromatic carbocycles. The van der Waals surface area contributed by atoms with E-state index >= 15 is 0 Å². The smallest absolute Gasteiger partial charge is 0.408 e. The summed E-state index contributed by atoms with van der Waals surface area (Å²) < 4.78 is 7.64. The van der Waals surface area contributed by atoms with Crippen molar-refractivity contribution in [3.05, 3.63) is 11.6 Å². The molecular formula is C21H39N7O2. The summed E-state index contributed by atoms with van der Waals surface area (Å²) in [5.41, 5.74) is -0.953. The van der Waals surface area contributed by atoms with Crippen molar-refractivity contribution in [3.63, 3.8) is 0 Å². The standard InChI is InChI=1S/C21H39N7O2/c1-7-21(8-2,25-19(29)30-20(4,5)6)15-24-18(22-9-3)23-14-17-27-26-16-12-10-11-13-28(16)17/h7-15H2,1-6H3,(H,25,29)(H2,22,23,24). The summed E-state index contributed by atoms with van der Waals surface area (Å²) >= 11 is 0. The molecule has 0 bridgehead atoms. The van der Waals surface area contributed by atoms with Crippen LogP contribution in [0.3, 0.4) is 0 Å². The summed E-state index contributed by atoms with van der Waals surface area (Å²) in [7, 11) is 0. The van der Waals surface area contributed by atoms with Crippen LogP contribution in [0.5, 0.6) is 0 Å². The number of rotatable bonds is 8. The minimum absolute atomic E-state index is 0.398. The molecule has 3 N–H and O–H groups in total. The van der Waals surface area contributed by atoms with Gasteiger partial charge in [-0.3, -0.25) is 0 Å². The molecule has 1 aliphatic rings. The number of ether oxygens (including phenoxy) is 1. The Morgan fingerprint density at radius 1 is 1.13 bits per heavy atom. The highest BCUT2D eigenvalue weighted by Gasteiger charge is 2.30. The molecule has 0 spiro atoms. The van der Waals surface area contributed by atoms with E-state index in [9.17, 15) is 4.79 Å². The van der Waals surface area contributed by atoms with E-state index < -0.39 is 17.2 Å². The van der Waals surface area contributed by atoms with Gasteiger partial charge in [0.05, 0.1) is 5.54 Å². The number of carbonyl (C=O) groups is 1. The molecule has 2 rings (SSSR count). The van der Waals surface area contributed by atoms with Gasteiger partial charge in [0.1, 0.15) is 18.0 Å². The number of aromatic nitrogens is 3. The van der Waals surface area contributed by atoms with E-state index in [0.29, 0.717) is 19.0 Å². The van der Waals surface area contributed by atoms with Gasteiger partial charge in [-0.15, -0.1) is 10.2 Å². The molecule has 170 valence electrons. The van der Waals surface area contributed by atoms with Gasteiger partial charge in [0.25, 0.3) is 0 Å². The van der Waals surface area contributed by atoms with Gasteiger partial charge in [-0.25, -0.2) is 9.79 Å². The Labute approximate surface area is 180 Å². The van der Waals surface area contributed by atoms with Crippen LogP contribution in [0.4, 0.5) is 4.79 Å². The highest BCUT2D eigenvalue weighted by molar-refractivity contribution is 5.80. The van der Waals surface area contributed by atoms with E-state index in [2.05, 4.69) is 44.6 Å². The summed E-state index contributed by atoms with van der Waals surface area (Å²) in [4.78, 5) is 17.1. The molecule has 1 aliphatic heterocycles. The zero-order valence-corrected chi connectivity index (χ0v) is 19.5. The second-order valence-corrected chi connectivity index (χ2v) is 8.80. The molecule has 0 aliphatic carbocycles. The number of nitrogens with one attached hydrogen (secondary N) is 3. The predicted molar refractivity (Wildman–Crippen MR) is 118 cm³/mol. The topological polar surface area (TPSA) is 105 Å². The third kappa shape index (κ3) is 6.88. The molecule has 0 radical (unpaired) electrons. The quantitative estimate of drug-likeness (QED) is 0.440. The average Bonchev–Trinajstić information content (AvgIpc) is 3.11. The largest absolute Gasteiger partial charge is 0.444 e. The molecule has 1 aromatic rings. The van der Waals surface area contributed by atoms with Crippen LogP contribution >= 0.6 is 0 Å². The summed E-state index contributed by atoms with van der Waals surface area (Å²) in [6.07, 6.45) is 4.46. The maximum absolute atomic E-state index is 12.4. The van der Waals surface area contributed by atoms with Gasteiger partial charge in [0.15, 0.2) is 11.8 Å². The summed E-state index contributed by atoms with van der Waals surface area (Å²) in [6, 6.07) is 0. The van der Waals surface area contributed by atoms with Crippen LogP contribution in [-0.2, 0) is 24.2 Å². The van der Waals surface area contributed by atoms with Crippen LogP contribution < -0.4 is 16.0 Å². The molecule has 30 heavy (non-hydrogen) atoms. The Balaban J connectivity index is 2.03. The maximum Gasteiger partial charge on any atom is 0.408 e. The number of aryl methyl sites for hydroxylation is 1.